The second-order valence-corrected chi connectivity index (χ2v) is 4.50. The third-order valence-electron chi connectivity index (χ3n) is 2.58. The molecule has 0 radical (unpaired) electrons. The molecule has 0 saturated carbocycles. The van der Waals surface area contributed by atoms with E-state index in [1.165, 1.54) is 0 Å². The zero-order valence-electron chi connectivity index (χ0n) is 10.3. The zero-order chi connectivity index (χ0) is 12.3. The van der Waals surface area contributed by atoms with E-state index in [0.717, 1.165) is 5.56 Å². The molecule has 2 rings (SSSR count). The van der Waals surface area contributed by atoms with E-state index in [-0.39, 0.29) is 12.4 Å². The first-order valence-electron chi connectivity index (χ1n) is 5.74. The van der Waals surface area contributed by atoms with Crippen molar-refractivity contribution < 1.29 is 14.2 Å². The van der Waals surface area contributed by atoms with E-state index in [2.05, 4.69) is 6.58 Å². The molecule has 1 fully saturated rings. The van der Waals surface area contributed by atoms with Crippen molar-refractivity contribution in [3.63, 3.8) is 0 Å². The van der Waals surface area contributed by atoms with Gasteiger partial charge in [-0.2, -0.15) is 0 Å². The monoisotopic (exact) mass is 234 g/mol. The Morgan fingerprint density at radius 2 is 2.00 bits per heavy atom. The van der Waals surface area contributed by atoms with Crippen molar-refractivity contribution in [2.75, 3.05) is 0 Å². The third-order valence-corrected chi connectivity index (χ3v) is 2.58. The van der Waals surface area contributed by atoms with Gasteiger partial charge in [-0.15, -0.1) is 6.58 Å². The van der Waals surface area contributed by atoms with Gasteiger partial charge in [0.05, 0.1) is 6.61 Å². The van der Waals surface area contributed by atoms with Crippen LogP contribution in [0.2, 0.25) is 0 Å². The van der Waals surface area contributed by atoms with Crippen LogP contribution in [-0.2, 0) is 20.8 Å². The Morgan fingerprint density at radius 3 is 2.65 bits per heavy atom. The lowest BCUT2D eigenvalue weighted by Crippen LogP contribution is -2.24. The van der Waals surface area contributed by atoms with Gasteiger partial charge < -0.3 is 14.2 Å². The fraction of sp³-hybridized carbons (Fsp3) is 0.429. The highest BCUT2D eigenvalue weighted by molar-refractivity contribution is 5.13. The van der Waals surface area contributed by atoms with Crippen molar-refractivity contribution >= 4 is 0 Å². The van der Waals surface area contributed by atoms with Crippen molar-refractivity contribution in [2.24, 2.45) is 0 Å². The maximum absolute atomic E-state index is 5.71. The van der Waals surface area contributed by atoms with Crippen LogP contribution in [0.4, 0.5) is 0 Å². The standard InChI is InChI=1S/C14H18O3/c1-4-12-13(17-14(2,3)16-12)15-10-11-8-6-5-7-9-11/h4-9,12-13H,1,10H2,2-3H3/t12-,13+/m1/s1. The molecule has 3 nitrogen and oxygen atoms in total. The Morgan fingerprint density at radius 1 is 1.29 bits per heavy atom. The average molecular weight is 234 g/mol. The highest BCUT2D eigenvalue weighted by atomic mass is 16.8. The lowest BCUT2D eigenvalue weighted by molar-refractivity contribution is -0.194. The first-order chi connectivity index (χ1) is 8.11. The number of hydrogen-bond acceptors (Lipinski definition) is 3. The molecule has 17 heavy (non-hydrogen) atoms. The van der Waals surface area contributed by atoms with Crippen LogP contribution in [0.1, 0.15) is 19.4 Å². The summed E-state index contributed by atoms with van der Waals surface area (Å²) in [6, 6.07) is 9.99. The Hall–Kier alpha value is -1.16. The molecule has 0 unspecified atom stereocenters. The Bertz CT molecular complexity index is 372. The van der Waals surface area contributed by atoms with Crippen LogP contribution in [0.25, 0.3) is 0 Å². The van der Waals surface area contributed by atoms with Crippen LogP contribution in [0.15, 0.2) is 43.0 Å². The third kappa shape index (κ3) is 3.16. The highest BCUT2D eigenvalue weighted by Gasteiger charge is 2.40. The summed E-state index contributed by atoms with van der Waals surface area (Å²) in [5, 5.41) is 0. The van der Waals surface area contributed by atoms with E-state index in [9.17, 15) is 0 Å². The molecule has 1 aromatic carbocycles. The summed E-state index contributed by atoms with van der Waals surface area (Å²) in [7, 11) is 0. The molecule has 1 saturated heterocycles. The minimum absolute atomic E-state index is 0.214. The van der Waals surface area contributed by atoms with Crippen molar-refractivity contribution in [1.29, 1.82) is 0 Å². The SMILES string of the molecule is C=C[C@H]1OC(C)(C)O[C@@H]1OCc1ccccc1. The fourth-order valence-corrected chi connectivity index (χ4v) is 1.80. The van der Waals surface area contributed by atoms with Crippen molar-refractivity contribution in [3.8, 4) is 0 Å². The maximum atomic E-state index is 5.71. The topological polar surface area (TPSA) is 27.7 Å². The first kappa shape index (κ1) is 12.3. The summed E-state index contributed by atoms with van der Waals surface area (Å²) < 4.78 is 17.0. The fourth-order valence-electron chi connectivity index (χ4n) is 1.80. The lowest BCUT2D eigenvalue weighted by Gasteiger charge is -2.16. The van der Waals surface area contributed by atoms with Gasteiger partial charge in [0.1, 0.15) is 6.10 Å². The van der Waals surface area contributed by atoms with E-state index in [4.69, 9.17) is 14.2 Å². The molecule has 0 spiro atoms. The molecule has 1 aliphatic rings. The van der Waals surface area contributed by atoms with Crippen molar-refractivity contribution in [1.82, 2.24) is 0 Å². The first-order valence-corrected chi connectivity index (χ1v) is 5.74. The maximum Gasteiger partial charge on any atom is 0.191 e. The quantitative estimate of drug-likeness (QED) is 0.750. The van der Waals surface area contributed by atoms with Gasteiger partial charge in [0.2, 0.25) is 0 Å². The van der Waals surface area contributed by atoms with Crippen molar-refractivity contribution in [3.05, 3.63) is 48.6 Å². The van der Waals surface area contributed by atoms with Crippen LogP contribution in [0.5, 0.6) is 0 Å². The molecular formula is C14H18O3. The molecule has 2 atom stereocenters. The molecule has 0 aromatic heterocycles. The van der Waals surface area contributed by atoms with E-state index >= 15 is 0 Å². The highest BCUT2D eigenvalue weighted by Crippen LogP contribution is 2.29. The molecule has 3 heteroatoms. The Kier molecular flexibility index (Phi) is 3.62. The second-order valence-electron chi connectivity index (χ2n) is 4.50. The zero-order valence-corrected chi connectivity index (χ0v) is 10.3. The summed E-state index contributed by atoms with van der Waals surface area (Å²) in [6.07, 6.45) is 1.11. The van der Waals surface area contributed by atoms with Gasteiger partial charge in [0.25, 0.3) is 0 Å². The number of hydrogen-bond donors (Lipinski definition) is 0. The Labute approximate surface area is 102 Å². The molecule has 1 aliphatic heterocycles. The summed E-state index contributed by atoms with van der Waals surface area (Å²) in [4.78, 5) is 0. The smallest absolute Gasteiger partial charge is 0.191 e. The normalized spacial score (nSPS) is 26.9. The molecular weight excluding hydrogens is 216 g/mol. The van der Waals surface area contributed by atoms with Crippen LogP contribution in [0.3, 0.4) is 0 Å². The summed E-state index contributed by atoms with van der Waals surface area (Å²) in [5.41, 5.74) is 1.11. The van der Waals surface area contributed by atoms with Crippen LogP contribution < -0.4 is 0 Å². The van der Waals surface area contributed by atoms with Gasteiger partial charge in [-0.25, -0.2) is 0 Å². The van der Waals surface area contributed by atoms with Crippen molar-refractivity contribution in [2.45, 2.75) is 38.6 Å². The van der Waals surface area contributed by atoms with Gasteiger partial charge in [0, 0.05) is 0 Å². The largest absolute Gasteiger partial charge is 0.345 e. The van der Waals surface area contributed by atoms with E-state index in [0.29, 0.717) is 6.61 Å². The predicted molar refractivity (Wildman–Crippen MR) is 65.3 cm³/mol. The van der Waals surface area contributed by atoms with Gasteiger partial charge >= 0.3 is 0 Å². The van der Waals surface area contributed by atoms with Crippen LogP contribution in [-0.4, -0.2) is 18.2 Å². The minimum Gasteiger partial charge on any atom is -0.345 e. The summed E-state index contributed by atoms with van der Waals surface area (Å²) in [6.45, 7) is 7.98. The summed E-state index contributed by atoms with van der Waals surface area (Å²) >= 11 is 0. The lowest BCUT2D eigenvalue weighted by atomic mass is 10.2. The van der Waals surface area contributed by atoms with Crippen LogP contribution in [0, 0.1) is 0 Å². The number of rotatable bonds is 4. The molecule has 0 bridgehead atoms. The number of benzene rings is 1. The Balaban J connectivity index is 1.93. The number of ether oxygens (including phenoxy) is 3. The van der Waals surface area contributed by atoms with E-state index in [1.54, 1.807) is 6.08 Å². The van der Waals surface area contributed by atoms with E-state index in [1.807, 2.05) is 44.2 Å². The summed E-state index contributed by atoms with van der Waals surface area (Å²) in [5.74, 6) is -0.611. The molecule has 92 valence electrons. The minimum atomic E-state index is -0.611. The molecule has 0 N–H and O–H groups in total. The second kappa shape index (κ2) is 5.00. The molecule has 1 heterocycles. The van der Waals surface area contributed by atoms with E-state index < -0.39 is 5.79 Å². The van der Waals surface area contributed by atoms with Gasteiger partial charge in [-0.3, -0.25) is 0 Å². The molecule has 0 amide bonds. The average Bonchev–Trinajstić information content (AvgIpc) is 2.63. The van der Waals surface area contributed by atoms with Crippen LogP contribution >= 0.6 is 0 Å². The van der Waals surface area contributed by atoms with Gasteiger partial charge in [-0.1, -0.05) is 36.4 Å². The van der Waals surface area contributed by atoms with Gasteiger partial charge in [0.15, 0.2) is 12.1 Å². The molecule has 1 aromatic rings. The predicted octanol–water partition coefficient (Wildman–Crippen LogP) is 2.87. The van der Waals surface area contributed by atoms with Gasteiger partial charge in [-0.05, 0) is 19.4 Å². The molecule has 0 aliphatic carbocycles.